The van der Waals surface area contributed by atoms with Gasteiger partial charge in [0.25, 0.3) is 5.91 Å². The van der Waals surface area contributed by atoms with Crippen molar-refractivity contribution in [2.24, 2.45) is 17.6 Å². The predicted octanol–water partition coefficient (Wildman–Crippen LogP) is 3.92. The molecule has 2 aliphatic carbocycles. The molecule has 0 aromatic heterocycles. The number of anilines is 1. The first-order valence-corrected chi connectivity index (χ1v) is 15.7. The van der Waals surface area contributed by atoms with Crippen molar-refractivity contribution in [3.8, 4) is 0 Å². The third-order valence-electron chi connectivity index (χ3n) is 8.62. The molecule has 10 nitrogen and oxygen atoms in total. The monoisotopic (exact) mass is 583 g/mol. The Labute approximate surface area is 250 Å². The van der Waals surface area contributed by atoms with Gasteiger partial charge in [0.05, 0.1) is 6.04 Å². The Morgan fingerprint density at radius 1 is 0.905 bits per heavy atom. The van der Waals surface area contributed by atoms with Crippen LogP contribution in [0.5, 0.6) is 0 Å². The molecule has 3 atom stereocenters. The molecule has 2 saturated carbocycles. The third-order valence-corrected chi connectivity index (χ3v) is 8.62. The number of nitrogens with one attached hydrogen (secondary N) is 2. The molecule has 1 saturated heterocycles. The number of primary amides is 1. The van der Waals surface area contributed by atoms with Crippen molar-refractivity contribution in [1.29, 1.82) is 0 Å². The number of amides is 5. The smallest absolute Gasteiger partial charge is 0.322 e. The molecule has 10 heteroatoms. The Bertz CT molecular complexity index is 1070. The fourth-order valence-corrected chi connectivity index (χ4v) is 6.06. The number of urea groups is 1. The summed E-state index contributed by atoms with van der Waals surface area (Å²) in [5, 5.41) is 5.73. The Kier molecular flexibility index (Phi) is 12.8. The Balaban J connectivity index is 0.00000155. The molecular weight excluding hydrogens is 534 g/mol. The Hall–Kier alpha value is -3.43. The van der Waals surface area contributed by atoms with E-state index >= 15 is 0 Å². The van der Waals surface area contributed by atoms with Gasteiger partial charge in [0.1, 0.15) is 12.1 Å². The minimum atomic E-state index is -1.07. The molecule has 3 fully saturated rings. The number of benzene rings is 1. The lowest BCUT2D eigenvalue weighted by Crippen LogP contribution is -2.59. The first kappa shape index (κ1) is 33.1. The maximum atomic E-state index is 14.0. The van der Waals surface area contributed by atoms with Crippen molar-refractivity contribution >= 4 is 35.2 Å². The Morgan fingerprint density at radius 3 is 2.12 bits per heavy atom. The minimum Gasteiger partial charge on any atom is -0.363 e. The first-order valence-electron chi connectivity index (χ1n) is 15.7. The van der Waals surface area contributed by atoms with Crippen LogP contribution in [-0.2, 0) is 19.2 Å². The normalized spacial score (nSPS) is 20.3. The van der Waals surface area contributed by atoms with Crippen LogP contribution in [0, 0.1) is 11.8 Å². The summed E-state index contributed by atoms with van der Waals surface area (Å²) in [7, 11) is 1.66. The van der Waals surface area contributed by atoms with Crippen molar-refractivity contribution in [3.05, 3.63) is 30.3 Å². The van der Waals surface area contributed by atoms with E-state index in [2.05, 4.69) is 24.5 Å². The molecule has 42 heavy (non-hydrogen) atoms. The summed E-state index contributed by atoms with van der Waals surface area (Å²) < 4.78 is 0. The zero-order chi connectivity index (χ0) is 30.6. The average molecular weight is 584 g/mol. The number of nitrogens with two attached hydrogens (primary N) is 1. The van der Waals surface area contributed by atoms with Gasteiger partial charge >= 0.3 is 6.03 Å². The average Bonchev–Trinajstić information content (AvgIpc) is 3.47. The van der Waals surface area contributed by atoms with Gasteiger partial charge in [-0.2, -0.15) is 0 Å². The summed E-state index contributed by atoms with van der Waals surface area (Å²) in [4.78, 5) is 67.8. The number of hydrogen-bond donors (Lipinski definition) is 3. The van der Waals surface area contributed by atoms with Crippen LogP contribution in [-0.4, -0.2) is 66.2 Å². The fraction of sp³-hybridized carbons (Fsp3) is 0.656. The lowest BCUT2D eigenvalue weighted by atomic mass is 9.80. The maximum Gasteiger partial charge on any atom is 0.322 e. The molecule has 1 heterocycles. The summed E-state index contributed by atoms with van der Waals surface area (Å²) in [6.07, 6.45) is 10.4. The summed E-state index contributed by atoms with van der Waals surface area (Å²) in [6.45, 7) is 4.64. The summed E-state index contributed by atoms with van der Waals surface area (Å²) in [6, 6.07) is 6.33. The van der Waals surface area contributed by atoms with Crippen molar-refractivity contribution in [2.45, 2.75) is 109 Å². The van der Waals surface area contributed by atoms with Crippen LogP contribution in [0.4, 0.5) is 10.5 Å². The van der Waals surface area contributed by atoms with E-state index in [4.69, 9.17) is 5.73 Å². The molecule has 5 amide bonds. The van der Waals surface area contributed by atoms with Crippen LogP contribution < -0.4 is 21.3 Å². The molecule has 1 aliphatic heterocycles. The molecule has 4 N–H and O–H groups in total. The number of carbonyl (C=O) groups is 5. The molecule has 0 bridgehead atoms. The second-order valence-corrected chi connectivity index (χ2v) is 11.9. The van der Waals surface area contributed by atoms with Gasteiger partial charge in [-0.25, -0.2) is 4.79 Å². The highest BCUT2D eigenvalue weighted by molar-refractivity contribution is 6.37. The van der Waals surface area contributed by atoms with E-state index in [0.717, 1.165) is 51.4 Å². The highest BCUT2D eigenvalue weighted by Crippen LogP contribution is 2.32. The third kappa shape index (κ3) is 8.79. The van der Waals surface area contributed by atoms with Gasteiger partial charge in [-0.05, 0) is 56.1 Å². The van der Waals surface area contributed by atoms with Crippen molar-refractivity contribution in [2.75, 3.05) is 18.5 Å². The van der Waals surface area contributed by atoms with E-state index in [0.29, 0.717) is 31.5 Å². The van der Waals surface area contributed by atoms with Crippen molar-refractivity contribution < 1.29 is 24.0 Å². The summed E-state index contributed by atoms with van der Waals surface area (Å²) >= 11 is 0. The molecule has 1 aromatic carbocycles. The summed E-state index contributed by atoms with van der Waals surface area (Å²) in [5.74, 6) is -2.34. The molecule has 1 aromatic rings. The van der Waals surface area contributed by atoms with Gasteiger partial charge < -0.3 is 21.3 Å². The zero-order valence-corrected chi connectivity index (χ0v) is 25.5. The topological polar surface area (TPSA) is 142 Å². The van der Waals surface area contributed by atoms with Gasteiger partial charge in [0.2, 0.25) is 17.6 Å². The van der Waals surface area contributed by atoms with E-state index in [1.165, 1.54) is 11.3 Å². The lowest BCUT2D eigenvalue weighted by molar-refractivity contribution is -0.143. The van der Waals surface area contributed by atoms with E-state index < -0.39 is 35.7 Å². The fourth-order valence-electron chi connectivity index (χ4n) is 6.06. The Morgan fingerprint density at radius 2 is 1.55 bits per heavy atom. The van der Waals surface area contributed by atoms with Gasteiger partial charge in [0.15, 0.2) is 0 Å². The highest BCUT2D eigenvalue weighted by atomic mass is 16.2. The van der Waals surface area contributed by atoms with E-state index in [9.17, 15) is 24.0 Å². The number of nitrogens with zero attached hydrogens (tertiary/aromatic N) is 2. The van der Waals surface area contributed by atoms with Crippen LogP contribution in [0.25, 0.3) is 0 Å². The molecule has 3 unspecified atom stereocenters. The van der Waals surface area contributed by atoms with Crippen LogP contribution in [0.3, 0.4) is 0 Å². The number of ketones is 1. The highest BCUT2D eigenvalue weighted by Gasteiger charge is 2.42. The van der Waals surface area contributed by atoms with Crippen LogP contribution in [0.1, 0.15) is 90.9 Å². The number of para-hydroxylation sites is 1. The van der Waals surface area contributed by atoms with Gasteiger partial charge in [-0.3, -0.25) is 24.1 Å². The van der Waals surface area contributed by atoms with E-state index in [1.807, 2.05) is 30.3 Å². The second kappa shape index (κ2) is 16.3. The summed E-state index contributed by atoms with van der Waals surface area (Å²) in [5.41, 5.74) is 5.97. The van der Waals surface area contributed by atoms with Crippen LogP contribution in [0.15, 0.2) is 30.3 Å². The molecular formula is C32H49N5O5. The van der Waals surface area contributed by atoms with Crippen molar-refractivity contribution in [3.63, 3.8) is 0 Å². The molecule has 232 valence electrons. The molecule has 0 spiro atoms. The standard InChI is InChI=1S/C29H41N5O5.C3H8/c1-33(21-14-6-3-7-15-21)29(39)32-24(20-12-4-2-5-13-20)28(38)34-17-9-16-23(34)27(37)31-22(25(35)26(30)36)18-19-10-8-11-19;1-3-2/h3,6-7,14-15,19-20,22-24H,2,4-5,8-13,16-18H2,1H3,(H2,30,36)(H,31,37)(H,32,39);3H2,1-2H3. The van der Waals surface area contributed by atoms with Crippen molar-refractivity contribution in [1.82, 2.24) is 15.5 Å². The lowest BCUT2D eigenvalue weighted by Gasteiger charge is -2.36. The van der Waals surface area contributed by atoms with Gasteiger partial charge in [-0.1, -0.05) is 77.0 Å². The predicted molar refractivity (Wildman–Crippen MR) is 163 cm³/mol. The van der Waals surface area contributed by atoms with Gasteiger partial charge in [0, 0.05) is 19.3 Å². The molecule has 4 rings (SSSR count). The SMILES string of the molecule is CCC.CN(C(=O)NC(C(=O)N1CCCC1C(=O)NC(CC1CCC1)C(=O)C(N)=O)C1CCCCC1)c1ccccc1. The van der Waals surface area contributed by atoms with Crippen LogP contribution >= 0.6 is 0 Å². The zero-order valence-electron chi connectivity index (χ0n) is 25.5. The quantitative estimate of drug-likeness (QED) is 0.358. The maximum absolute atomic E-state index is 14.0. The van der Waals surface area contributed by atoms with Gasteiger partial charge in [-0.15, -0.1) is 0 Å². The second-order valence-electron chi connectivity index (χ2n) is 11.9. The van der Waals surface area contributed by atoms with Crippen LogP contribution in [0.2, 0.25) is 0 Å². The molecule has 0 radical (unpaired) electrons. The van der Waals surface area contributed by atoms with E-state index in [-0.39, 0.29) is 23.8 Å². The number of rotatable bonds is 10. The van der Waals surface area contributed by atoms with E-state index in [1.54, 1.807) is 11.9 Å². The number of hydrogen-bond acceptors (Lipinski definition) is 5. The minimum absolute atomic E-state index is 0.0218. The number of Topliss-reactive ketones (excluding diaryl/α,β-unsaturated/α-hetero) is 1. The number of carbonyl (C=O) groups excluding carboxylic acids is 5. The largest absolute Gasteiger partial charge is 0.363 e. The first-order chi connectivity index (χ1) is 20.2. The molecule has 3 aliphatic rings. The number of likely N-dealkylation sites (tertiary alicyclic amines) is 1.